The van der Waals surface area contributed by atoms with Gasteiger partial charge in [0.2, 0.25) is 5.60 Å². The molecule has 2 aliphatic heterocycles. The van der Waals surface area contributed by atoms with Crippen LogP contribution in [-0.4, -0.2) is 81.9 Å². The Labute approximate surface area is 266 Å². The van der Waals surface area contributed by atoms with Crippen LogP contribution in [0, 0.1) is 0 Å². The molecule has 2 heterocycles. The van der Waals surface area contributed by atoms with Crippen LogP contribution in [0.4, 0.5) is 65.9 Å². The molecule has 0 aliphatic carbocycles. The molecular formula is C26H27F15O8. The van der Waals surface area contributed by atoms with Crippen LogP contribution in [0.3, 0.4) is 0 Å². The van der Waals surface area contributed by atoms with Crippen molar-refractivity contribution in [2.45, 2.75) is 125 Å². The van der Waals surface area contributed by atoms with Crippen molar-refractivity contribution in [1.29, 1.82) is 0 Å². The monoisotopic (exact) mass is 752 g/mol. The van der Waals surface area contributed by atoms with E-state index in [4.69, 9.17) is 4.74 Å². The minimum atomic E-state index is -6.39. The van der Waals surface area contributed by atoms with E-state index in [-0.39, 0.29) is 20.8 Å². The Morgan fingerprint density at radius 2 is 1.12 bits per heavy atom. The highest BCUT2D eigenvalue weighted by molar-refractivity contribution is 5.88. The van der Waals surface area contributed by atoms with E-state index in [2.05, 4.69) is 25.5 Å². The standard InChI is InChI=1S/C26H27F15O8/c1-12(2)14(42)46-16(4)8-17(5,22(27,28)29)49-21(9-16,26(39,40)41)45-7-13(3)15(43)47-19(24(33,34)35)10-18(6,23(30,31)32)48-20(44,11-19)25(36,37)38/h7,44H,1,8-11H2,2-6H3/b13-7+. The first kappa shape index (κ1) is 42.2. The van der Waals surface area contributed by atoms with E-state index in [1.54, 1.807) is 0 Å². The van der Waals surface area contributed by atoms with Gasteiger partial charge in [-0.05, 0) is 34.6 Å². The van der Waals surface area contributed by atoms with Crippen molar-refractivity contribution in [3.8, 4) is 0 Å². The van der Waals surface area contributed by atoms with E-state index >= 15 is 0 Å². The predicted octanol–water partition coefficient (Wildman–Crippen LogP) is 7.40. The number of carbonyl (C=O) groups excluding carboxylic acids is 2. The Morgan fingerprint density at radius 3 is 1.51 bits per heavy atom. The quantitative estimate of drug-likeness (QED) is 0.130. The van der Waals surface area contributed by atoms with Crippen LogP contribution >= 0.6 is 0 Å². The molecule has 23 heteroatoms. The summed E-state index contributed by atoms with van der Waals surface area (Å²) in [5.41, 5.74) is -18.1. The topological polar surface area (TPSA) is 101 Å². The van der Waals surface area contributed by atoms with Crippen LogP contribution in [0.25, 0.3) is 0 Å². The number of halogens is 15. The second-order valence-corrected chi connectivity index (χ2v) is 12.3. The SMILES string of the molecule is C=C(C)C(=O)OC1(C)CC(C)(C(F)(F)F)OC(O/C=C(\C)C(=O)OC2(C(F)(F)F)CC(C)(C(F)(F)F)OC(O)(C(F)(F)F)C2)(C(F)(F)F)C1. The van der Waals surface area contributed by atoms with Gasteiger partial charge in [-0.3, -0.25) is 0 Å². The van der Waals surface area contributed by atoms with Crippen molar-refractivity contribution in [3.63, 3.8) is 0 Å². The molecule has 0 aromatic heterocycles. The smallest absolute Gasteiger partial charge is 0.455 e. The first-order chi connectivity index (χ1) is 21.3. The van der Waals surface area contributed by atoms with Gasteiger partial charge in [0.05, 0.1) is 24.7 Å². The number of ether oxygens (including phenoxy) is 5. The fraction of sp³-hybridized carbons (Fsp3) is 0.769. The van der Waals surface area contributed by atoms with Gasteiger partial charge in [0.15, 0.2) is 11.2 Å². The molecule has 49 heavy (non-hydrogen) atoms. The lowest BCUT2D eigenvalue weighted by Gasteiger charge is -2.52. The number of hydrogen-bond acceptors (Lipinski definition) is 8. The lowest BCUT2D eigenvalue weighted by Crippen LogP contribution is -2.71. The molecule has 2 aliphatic rings. The van der Waals surface area contributed by atoms with E-state index in [1.165, 1.54) is 0 Å². The van der Waals surface area contributed by atoms with E-state index in [0.29, 0.717) is 6.92 Å². The van der Waals surface area contributed by atoms with Gasteiger partial charge in [-0.1, -0.05) is 6.58 Å². The summed E-state index contributed by atoms with van der Waals surface area (Å²) >= 11 is 0. The molecule has 8 nitrogen and oxygen atoms in total. The minimum Gasteiger partial charge on any atom is -0.460 e. The molecule has 0 amide bonds. The van der Waals surface area contributed by atoms with Crippen LogP contribution in [0.1, 0.15) is 60.3 Å². The second-order valence-electron chi connectivity index (χ2n) is 12.3. The number of aliphatic hydroxyl groups is 1. The van der Waals surface area contributed by atoms with Crippen molar-refractivity contribution in [1.82, 2.24) is 0 Å². The zero-order valence-corrected chi connectivity index (χ0v) is 25.6. The van der Waals surface area contributed by atoms with E-state index < -0.39 is 120 Å². The van der Waals surface area contributed by atoms with E-state index in [9.17, 15) is 80.6 Å². The second kappa shape index (κ2) is 12.1. The summed E-state index contributed by atoms with van der Waals surface area (Å²) in [6.45, 7) is 4.75. The van der Waals surface area contributed by atoms with Gasteiger partial charge in [0.1, 0.15) is 5.60 Å². The van der Waals surface area contributed by atoms with Crippen LogP contribution in [0.15, 0.2) is 24.0 Å². The molecule has 2 saturated heterocycles. The van der Waals surface area contributed by atoms with Crippen molar-refractivity contribution in [2.75, 3.05) is 0 Å². The molecule has 0 saturated carbocycles. The molecule has 284 valence electrons. The van der Waals surface area contributed by atoms with Gasteiger partial charge in [-0.25, -0.2) is 9.59 Å². The normalized spacial score (nSPS) is 35.4. The molecule has 6 atom stereocenters. The summed E-state index contributed by atoms with van der Waals surface area (Å²) in [5.74, 6) is -13.9. The summed E-state index contributed by atoms with van der Waals surface area (Å²) in [7, 11) is 0. The van der Waals surface area contributed by atoms with Gasteiger partial charge in [-0.2, -0.15) is 65.9 Å². The predicted molar refractivity (Wildman–Crippen MR) is 128 cm³/mol. The van der Waals surface area contributed by atoms with Crippen LogP contribution < -0.4 is 0 Å². The molecule has 0 bridgehead atoms. The Balaban J connectivity index is 2.68. The number of alkyl halides is 15. The van der Waals surface area contributed by atoms with Crippen molar-refractivity contribution in [2.24, 2.45) is 0 Å². The molecule has 2 fully saturated rings. The van der Waals surface area contributed by atoms with Crippen LogP contribution in [0.5, 0.6) is 0 Å². The Bertz CT molecular complexity index is 1320. The van der Waals surface area contributed by atoms with E-state index in [0.717, 1.165) is 6.92 Å². The maximum Gasteiger partial charge on any atom is 0.455 e. The maximum absolute atomic E-state index is 14.5. The lowest BCUT2D eigenvalue weighted by atomic mass is 9.77. The summed E-state index contributed by atoms with van der Waals surface area (Å²) in [6.07, 6.45) is -40.0. The number of rotatable bonds is 6. The third kappa shape index (κ3) is 8.02. The highest BCUT2D eigenvalue weighted by atomic mass is 19.4. The van der Waals surface area contributed by atoms with Crippen LogP contribution in [-0.2, 0) is 33.3 Å². The molecular weight excluding hydrogens is 725 g/mol. The average Bonchev–Trinajstić information content (AvgIpc) is 2.82. The van der Waals surface area contributed by atoms with Crippen molar-refractivity contribution >= 4 is 11.9 Å². The van der Waals surface area contributed by atoms with Gasteiger partial charge in [0.25, 0.3) is 5.79 Å². The summed E-state index contributed by atoms with van der Waals surface area (Å²) in [6, 6.07) is 0. The third-order valence-electron chi connectivity index (χ3n) is 7.56. The van der Waals surface area contributed by atoms with Gasteiger partial charge in [0, 0.05) is 18.4 Å². The largest absolute Gasteiger partial charge is 0.460 e. The fourth-order valence-electron chi connectivity index (χ4n) is 5.11. The number of esters is 2. The average molecular weight is 752 g/mol. The number of hydrogen-bond donors (Lipinski definition) is 1. The molecule has 0 aromatic rings. The molecule has 0 radical (unpaired) electrons. The first-order valence-electron chi connectivity index (χ1n) is 13.3. The summed E-state index contributed by atoms with van der Waals surface area (Å²) in [4.78, 5) is 24.8. The highest BCUT2D eigenvalue weighted by Gasteiger charge is 2.78. The molecule has 2 rings (SSSR count). The Morgan fingerprint density at radius 1 is 0.653 bits per heavy atom. The minimum absolute atomic E-state index is 0.0887. The molecule has 1 N–H and O–H groups in total. The lowest BCUT2D eigenvalue weighted by molar-refractivity contribution is -0.469. The highest BCUT2D eigenvalue weighted by Crippen LogP contribution is 2.59. The Hall–Kier alpha value is -2.95. The van der Waals surface area contributed by atoms with Crippen LogP contribution in [0.2, 0.25) is 0 Å². The Kier molecular flexibility index (Phi) is 10.4. The maximum atomic E-state index is 14.5. The zero-order valence-electron chi connectivity index (χ0n) is 25.6. The summed E-state index contributed by atoms with van der Waals surface area (Å²) in [5, 5.41) is 9.86. The first-order valence-corrected chi connectivity index (χ1v) is 13.3. The van der Waals surface area contributed by atoms with Crippen molar-refractivity contribution < 1.29 is 104 Å². The zero-order chi connectivity index (χ0) is 38.9. The molecule has 6 unspecified atom stereocenters. The van der Waals surface area contributed by atoms with E-state index in [1.807, 2.05) is 0 Å². The molecule has 0 spiro atoms. The van der Waals surface area contributed by atoms with Gasteiger partial charge < -0.3 is 28.8 Å². The molecule has 0 aromatic carbocycles. The fourth-order valence-corrected chi connectivity index (χ4v) is 5.11. The van der Waals surface area contributed by atoms with Gasteiger partial charge in [-0.15, -0.1) is 0 Å². The summed E-state index contributed by atoms with van der Waals surface area (Å²) < 4.78 is 232. The van der Waals surface area contributed by atoms with Gasteiger partial charge >= 0.3 is 48.6 Å². The third-order valence-corrected chi connectivity index (χ3v) is 7.56. The number of carbonyl (C=O) groups is 2. The van der Waals surface area contributed by atoms with Crippen molar-refractivity contribution in [3.05, 3.63) is 24.0 Å².